The van der Waals surface area contributed by atoms with Crippen LogP contribution in [0.5, 0.6) is 5.75 Å². The van der Waals surface area contributed by atoms with Crippen LogP contribution >= 0.6 is 11.6 Å². The second-order valence-corrected chi connectivity index (χ2v) is 6.31. The van der Waals surface area contributed by atoms with Crippen LogP contribution in [0.3, 0.4) is 0 Å². The normalized spacial score (nSPS) is 26.4. The largest absolute Gasteiger partial charge is 0.491 e. The van der Waals surface area contributed by atoms with E-state index in [0.29, 0.717) is 11.6 Å². The highest BCUT2D eigenvalue weighted by Crippen LogP contribution is 2.26. The average molecular weight is 312 g/mol. The first-order valence-corrected chi connectivity index (χ1v) is 8.02. The van der Waals surface area contributed by atoms with Crippen LogP contribution in [0.25, 0.3) is 0 Å². The van der Waals surface area contributed by atoms with E-state index in [4.69, 9.17) is 21.1 Å². The maximum absolute atomic E-state index is 9.63. The fourth-order valence-corrected chi connectivity index (χ4v) is 3.16. The van der Waals surface area contributed by atoms with E-state index in [0.717, 1.165) is 56.8 Å². The Morgan fingerprint density at radius 3 is 3.00 bits per heavy atom. The van der Waals surface area contributed by atoms with Crippen LogP contribution in [-0.2, 0) is 11.3 Å². The third-order valence-corrected chi connectivity index (χ3v) is 4.35. The Morgan fingerprint density at radius 2 is 2.29 bits per heavy atom. The molecule has 1 N–H and O–H groups in total. The highest BCUT2D eigenvalue weighted by Gasteiger charge is 2.22. The van der Waals surface area contributed by atoms with Gasteiger partial charge in [-0.25, -0.2) is 0 Å². The number of nitrogens with zero attached hydrogens (tertiary/aromatic N) is 1. The Bertz CT molecular complexity index is 477. The zero-order valence-corrected chi connectivity index (χ0v) is 12.9. The molecule has 0 aliphatic carbocycles. The molecule has 1 aromatic carbocycles. The van der Waals surface area contributed by atoms with Crippen molar-refractivity contribution in [1.29, 1.82) is 0 Å². The van der Waals surface area contributed by atoms with Crippen molar-refractivity contribution in [2.24, 2.45) is 0 Å². The van der Waals surface area contributed by atoms with Crippen molar-refractivity contribution in [3.63, 3.8) is 0 Å². The van der Waals surface area contributed by atoms with Crippen molar-refractivity contribution in [2.45, 2.75) is 38.0 Å². The number of aliphatic hydroxyl groups is 1. The molecule has 3 rings (SSSR count). The number of β-amino-alcohol motifs (C(OH)–C–C–N with tert-alkyl or cyclic N) is 1. The van der Waals surface area contributed by atoms with Crippen LogP contribution in [-0.4, -0.2) is 48.5 Å². The van der Waals surface area contributed by atoms with Gasteiger partial charge in [0.25, 0.3) is 0 Å². The molecule has 5 heteroatoms. The molecule has 0 bridgehead atoms. The first-order valence-electron chi connectivity index (χ1n) is 7.64. The van der Waals surface area contributed by atoms with Gasteiger partial charge in [0.1, 0.15) is 12.4 Å². The van der Waals surface area contributed by atoms with Gasteiger partial charge in [-0.1, -0.05) is 11.6 Å². The van der Waals surface area contributed by atoms with E-state index >= 15 is 0 Å². The first kappa shape index (κ1) is 15.1. The van der Waals surface area contributed by atoms with Gasteiger partial charge in [0, 0.05) is 36.8 Å². The summed E-state index contributed by atoms with van der Waals surface area (Å²) in [6, 6.07) is 5.74. The monoisotopic (exact) mass is 311 g/mol. The van der Waals surface area contributed by atoms with Crippen LogP contribution in [0.15, 0.2) is 18.2 Å². The standard InChI is InChI=1S/C16H22ClNO3/c17-13-3-4-16(21-11-15-2-1-7-20-15)12(8-13)9-18-6-5-14(19)10-18/h3-4,8,14-15,19H,1-2,5-7,9-11H2/t14-,15?/m0/s1. The molecule has 0 saturated carbocycles. The van der Waals surface area contributed by atoms with E-state index in [-0.39, 0.29) is 12.2 Å². The molecule has 21 heavy (non-hydrogen) atoms. The third-order valence-electron chi connectivity index (χ3n) is 4.11. The number of rotatable bonds is 5. The zero-order valence-electron chi connectivity index (χ0n) is 12.1. The highest BCUT2D eigenvalue weighted by molar-refractivity contribution is 6.30. The van der Waals surface area contributed by atoms with Gasteiger partial charge in [-0.05, 0) is 37.5 Å². The predicted octanol–water partition coefficient (Wildman–Crippen LogP) is 2.46. The van der Waals surface area contributed by atoms with Gasteiger partial charge >= 0.3 is 0 Å². The van der Waals surface area contributed by atoms with E-state index in [2.05, 4.69) is 4.90 Å². The van der Waals surface area contributed by atoms with Gasteiger partial charge in [-0.15, -0.1) is 0 Å². The molecule has 1 unspecified atom stereocenters. The first-order chi connectivity index (χ1) is 10.2. The molecule has 2 aliphatic rings. The van der Waals surface area contributed by atoms with E-state index in [1.54, 1.807) is 0 Å². The van der Waals surface area contributed by atoms with E-state index in [1.165, 1.54) is 0 Å². The smallest absolute Gasteiger partial charge is 0.124 e. The molecule has 0 aromatic heterocycles. The Morgan fingerprint density at radius 1 is 1.38 bits per heavy atom. The molecular weight excluding hydrogens is 290 g/mol. The number of likely N-dealkylation sites (tertiary alicyclic amines) is 1. The summed E-state index contributed by atoms with van der Waals surface area (Å²) in [5.41, 5.74) is 1.08. The second-order valence-electron chi connectivity index (χ2n) is 5.88. The highest BCUT2D eigenvalue weighted by atomic mass is 35.5. The molecule has 0 spiro atoms. The van der Waals surface area contributed by atoms with Gasteiger partial charge in [0.2, 0.25) is 0 Å². The minimum absolute atomic E-state index is 0.208. The fraction of sp³-hybridized carbons (Fsp3) is 0.625. The lowest BCUT2D eigenvalue weighted by molar-refractivity contribution is 0.0673. The molecule has 2 heterocycles. The molecule has 2 saturated heterocycles. The second kappa shape index (κ2) is 6.97. The van der Waals surface area contributed by atoms with Crippen LogP contribution in [0, 0.1) is 0 Å². The van der Waals surface area contributed by atoms with Gasteiger partial charge in [-0.3, -0.25) is 4.90 Å². The Hall–Kier alpha value is -0.810. The molecule has 0 amide bonds. The molecule has 4 nitrogen and oxygen atoms in total. The van der Waals surface area contributed by atoms with Crippen molar-refractivity contribution in [3.8, 4) is 5.75 Å². The van der Waals surface area contributed by atoms with Crippen molar-refractivity contribution in [1.82, 2.24) is 4.90 Å². The van der Waals surface area contributed by atoms with Gasteiger partial charge in [0.15, 0.2) is 0 Å². The fourth-order valence-electron chi connectivity index (χ4n) is 2.97. The predicted molar refractivity (Wildman–Crippen MR) is 81.8 cm³/mol. The maximum atomic E-state index is 9.63. The number of hydrogen-bond acceptors (Lipinski definition) is 4. The molecule has 2 aliphatic heterocycles. The Labute approximate surface area is 130 Å². The van der Waals surface area contributed by atoms with Gasteiger partial charge < -0.3 is 14.6 Å². The topological polar surface area (TPSA) is 41.9 Å². The summed E-state index contributed by atoms with van der Waals surface area (Å²) in [4.78, 5) is 2.23. The van der Waals surface area contributed by atoms with Gasteiger partial charge in [0.05, 0.1) is 12.2 Å². The molecule has 2 atom stereocenters. The number of halogens is 1. The third kappa shape index (κ3) is 4.10. The van der Waals surface area contributed by atoms with Crippen molar-refractivity contribution >= 4 is 11.6 Å². The van der Waals surface area contributed by atoms with E-state index < -0.39 is 0 Å². The maximum Gasteiger partial charge on any atom is 0.124 e. The lowest BCUT2D eigenvalue weighted by Gasteiger charge is -2.19. The van der Waals surface area contributed by atoms with Crippen LogP contribution in [0.2, 0.25) is 5.02 Å². The van der Waals surface area contributed by atoms with Gasteiger partial charge in [-0.2, -0.15) is 0 Å². The van der Waals surface area contributed by atoms with Crippen molar-refractivity contribution < 1.29 is 14.6 Å². The summed E-state index contributed by atoms with van der Waals surface area (Å²) in [5, 5.41) is 10.3. The number of aliphatic hydroxyl groups excluding tert-OH is 1. The summed E-state index contributed by atoms with van der Waals surface area (Å²) in [5.74, 6) is 0.872. The summed E-state index contributed by atoms with van der Waals surface area (Å²) < 4.78 is 11.5. The molecule has 116 valence electrons. The lowest BCUT2D eigenvalue weighted by atomic mass is 10.2. The molecule has 2 fully saturated rings. The van der Waals surface area contributed by atoms with Crippen LogP contribution in [0.1, 0.15) is 24.8 Å². The number of benzene rings is 1. The van der Waals surface area contributed by atoms with Crippen LogP contribution in [0.4, 0.5) is 0 Å². The molecule has 1 aromatic rings. The SMILES string of the molecule is O[C@H]1CCN(Cc2cc(Cl)ccc2OCC2CCCO2)C1. The number of ether oxygens (including phenoxy) is 2. The summed E-state index contributed by atoms with van der Waals surface area (Å²) in [6.07, 6.45) is 3.03. The minimum Gasteiger partial charge on any atom is -0.491 e. The van der Waals surface area contributed by atoms with Crippen molar-refractivity contribution in [2.75, 3.05) is 26.3 Å². The quantitative estimate of drug-likeness (QED) is 0.907. The molecular formula is C16H22ClNO3. The Balaban J connectivity index is 1.64. The van der Waals surface area contributed by atoms with Crippen molar-refractivity contribution in [3.05, 3.63) is 28.8 Å². The number of hydrogen-bond donors (Lipinski definition) is 1. The van der Waals surface area contributed by atoms with E-state index in [9.17, 15) is 5.11 Å². The average Bonchev–Trinajstić information content (AvgIpc) is 3.10. The van der Waals surface area contributed by atoms with Crippen LogP contribution < -0.4 is 4.74 Å². The minimum atomic E-state index is -0.208. The summed E-state index contributed by atoms with van der Waals surface area (Å²) in [7, 11) is 0. The van der Waals surface area contributed by atoms with E-state index in [1.807, 2.05) is 18.2 Å². The molecule has 0 radical (unpaired) electrons. The summed E-state index contributed by atoms with van der Waals surface area (Å²) in [6.45, 7) is 3.83. The summed E-state index contributed by atoms with van der Waals surface area (Å²) >= 11 is 6.11. The zero-order chi connectivity index (χ0) is 14.7. The Kier molecular flexibility index (Phi) is 5.01. The lowest BCUT2D eigenvalue weighted by Crippen LogP contribution is -2.22.